The first kappa shape index (κ1) is 18.4. The molecule has 0 radical (unpaired) electrons. The number of amides is 1. The standard InChI is InChI=1S/C17H19ClN2O3S2/c18-15-6-2-1-5-13(15)12-19-25(22,23)17-8-7-14(24-17)11-16(21)20-9-3-4-10-20/h1-2,5-8,19H,3-4,9-12H2. The highest BCUT2D eigenvalue weighted by atomic mass is 35.5. The zero-order valence-electron chi connectivity index (χ0n) is 13.6. The Balaban J connectivity index is 1.64. The van der Waals surface area contributed by atoms with Crippen molar-refractivity contribution in [3.8, 4) is 0 Å². The fourth-order valence-electron chi connectivity index (χ4n) is 2.71. The van der Waals surface area contributed by atoms with Crippen LogP contribution in [0.3, 0.4) is 0 Å². The van der Waals surface area contributed by atoms with Gasteiger partial charge in [-0.1, -0.05) is 29.8 Å². The normalized spacial score (nSPS) is 14.8. The highest BCUT2D eigenvalue weighted by Gasteiger charge is 2.21. The van der Waals surface area contributed by atoms with E-state index in [1.807, 2.05) is 11.0 Å². The highest BCUT2D eigenvalue weighted by Crippen LogP contribution is 2.24. The van der Waals surface area contributed by atoms with Crippen LogP contribution in [-0.4, -0.2) is 32.3 Å². The zero-order valence-corrected chi connectivity index (χ0v) is 16.0. The summed E-state index contributed by atoms with van der Waals surface area (Å²) in [4.78, 5) is 14.8. The Bertz CT molecular complexity index is 858. The molecule has 1 aromatic heterocycles. The van der Waals surface area contributed by atoms with E-state index >= 15 is 0 Å². The maximum absolute atomic E-state index is 12.4. The number of halogens is 1. The summed E-state index contributed by atoms with van der Waals surface area (Å²) in [6.45, 7) is 1.73. The molecular formula is C17H19ClN2O3S2. The molecule has 1 N–H and O–H groups in total. The molecule has 2 aromatic rings. The quantitative estimate of drug-likeness (QED) is 0.813. The van der Waals surface area contributed by atoms with Gasteiger partial charge in [-0.2, -0.15) is 0 Å². The van der Waals surface area contributed by atoms with E-state index in [1.54, 1.807) is 30.3 Å². The lowest BCUT2D eigenvalue weighted by Gasteiger charge is -2.14. The Labute approximate surface area is 156 Å². The van der Waals surface area contributed by atoms with Crippen LogP contribution in [0.15, 0.2) is 40.6 Å². The van der Waals surface area contributed by atoms with Crippen molar-refractivity contribution in [2.24, 2.45) is 0 Å². The van der Waals surface area contributed by atoms with Gasteiger partial charge in [-0.15, -0.1) is 11.3 Å². The number of hydrogen-bond acceptors (Lipinski definition) is 4. The Hall–Kier alpha value is -1.41. The number of rotatable bonds is 6. The van der Waals surface area contributed by atoms with E-state index < -0.39 is 10.0 Å². The molecule has 1 fully saturated rings. The number of thiophene rings is 1. The molecule has 1 aliphatic heterocycles. The van der Waals surface area contributed by atoms with E-state index in [2.05, 4.69) is 4.72 Å². The van der Waals surface area contributed by atoms with Crippen LogP contribution in [0.1, 0.15) is 23.3 Å². The van der Waals surface area contributed by atoms with Gasteiger partial charge in [0.25, 0.3) is 0 Å². The average molecular weight is 399 g/mol. The Kier molecular flexibility index (Phi) is 5.78. The summed E-state index contributed by atoms with van der Waals surface area (Å²) < 4.78 is 27.6. The number of benzene rings is 1. The first-order chi connectivity index (χ1) is 12.0. The topological polar surface area (TPSA) is 66.5 Å². The number of likely N-dealkylation sites (tertiary alicyclic amines) is 1. The first-order valence-electron chi connectivity index (χ1n) is 8.05. The monoisotopic (exact) mass is 398 g/mol. The van der Waals surface area contributed by atoms with Crippen molar-refractivity contribution >= 4 is 38.9 Å². The molecule has 1 aliphatic rings. The molecule has 0 saturated carbocycles. The molecule has 5 nitrogen and oxygen atoms in total. The number of nitrogens with one attached hydrogen (secondary N) is 1. The van der Waals surface area contributed by atoms with Gasteiger partial charge in [-0.05, 0) is 36.6 Å². The smallest absolute Gasteiger partial charge is 0.250 e. The number of carbonyl (C=O) groups is 1. The van der Waals surface area contributed by atoms with Crippen LogP contribution in [0.4, 0.5) is 0 Å². The van der Waals surface area contributed by atoms with Crippen molar-refractivity contribution < 1.29 is 13.2 Å². The van der Waals surface area contributed by atoms with Crippen LogP contribution in [0.2, 0.25) is 5.02 Å². The van der Waals surface area contributed by atoms with E-state index in [9.17, 15) is 13.2 Å². The molecule has 1 saturated heterocycles. The van der Waals surface area contributed by atoms with E-state index in [-0.39, 0.29) is 23.1 Å². The molecule has 1 aromatic carbocycles. The Morgan fingerprint density at radius 2 is 1.88 bits per heavy atom. The number of hydrogen-bond donors (Lipinski definition) is 1. The average Bonchev–Trinajstić information content (AvgIpc) is 3.26. The Morgan fingerprint density at radius 1 is 1.16 bits per heavy atom. The maximum Gasteiger partial charge on any atom is 0.250 e. The predicted octanol–water partition coefficient (Wildman–Crippen LogP) is 3.04. The molecule has 3 rings (SSSR count). The molecule has 134 valence electrons. The van der Waals surface area contributed by atoms with Crippen molar-refractivity contribution in [1.29, 1.82) is 0 Å². The molecule has 0 aliphatic carbocycles. The van der Waals surface area contributed by atoms with Gasteiger partial charge in [0.2, 0.25) is 15.9 Å². The molecule has 0 atom stereocenters. The highest BCUT2D eigenvalue weighted by molar-refractivity contribution is 7.91. The molecule has 2 heterocycles. The molecular weight excluding hydrogens is 380 g/mol. The minimum absolute atomic E-state index is 0.0623. The fraction of sp³-hybridized carbons (Fsp3) is 0.353. The van der Waals surface area contributed by atoms with Crippen molar-refractivity contribution in [2.45, 2.75) is 30.0 Å². The van der Waals surface area contributed by atoms with Crippen molar-refractivity contribution in [3.05, 3.63) is 51.9 Å². The lowest BCUT2D eigenvalue weighted by atomic mass is 10.2. The van der Waals surface area contributed by atoms with Gasteiger partial charge in [-0.25, -0.2) is 13.1 Å². The molecule has 1 amide bonds. The number of sulfonamides is 1. The summed E-state index contributed by atoms with van der Waals surface area (Å²) in [6, 6.07) is 10.4. The summed E-state index contributed by atoms with van der Waals surface area (Å²) in [7, 11) is -3.62. The van der Waals surface area contributed by atoms with Crippen LogP contribution in [0, 0.1) is 0 Å². The Morgan fingerprint density at radius 3 is 2.60 bits per heavy atom. The predicted molar refractivity (Wildman–Crippen MR) is 99.3 cm³/mol. The summed E-state index contributed by atoms with van der Waals surface area (Å²) in [5, 5.41) is 0.522. The largest absolute Gasteiger partial charge is 0.342 e. The summed E-state index contributed by atoms with van der Waals surface area (Å²) in [5.74, 6) is 0.0623. The van der Waals surface area contributed by atoms with Crippen LogP contribution in [-0.2, 0) is 27.8 Å². The molecule has 0 bridgehead atoms. The van der Waals surface area contributed by atoms with Crippen LogP contribution in [0.5, 0.6) is 0 Å². The van der Waals surface area contributed by atoms with Gasteiger partial charge in [0.05, 0.1) is 6.42 Å². The van der Waals surface area contributed by atoms with Crippen molar-refractivity contribution in [1.82, 2.24) is 9.62 Å². The van der Waals surface area contributed by atoms with E-state index in [1.165, 1.54) is 0 Å². The lowest BCUT2D eigenvalue weighted by molar-refractivity contribution is -0.129. The van der Waals surface area contributed by atoms with Crippen LogP contribution >= 0.6 is 22.9 Å². The lowest BCUT2D eigenvalue weighted by Crippen LogP contribution is -2.28. The van der Waals surface area contributed by atoms with Gasteiger partial charge >= 0.3 is 0 Å². The minimum atomic E-state index is -3.62. The third-order valence-electron chi connectivity index (χ3n) is 4.10. The van der Waals surface area contributed by atoms with Crippen molar-refractivity contribution in [3.63, 3.8) is 0 Å². The SMILES string of the molecule is O=C(Cc1ccc(S(=O)(=O)NCc2ccccc2Cl)s1)N1CCCC1. The van der Waals surface area contributed by atoms with Crippen molar-refractivity contribution in [2.75, 3.05) is 13.1 Å². The molecule has 0 unspecified atom stereocenters. The van der Waals surface area contributed by atoms with Gasteiger partial charge in [-0.3, -0.25) is 4.79 Å². The molecule has 25 heavy (non-hydrogen) atoms. The third-order valence-corrected chi connectivity index (χ3v) is 7.44. The van der Waals surface area contributed by atoms with E-state index in [0.717, 1.165) is 42.1 Å². The second-order valence-electron chi connectivity index (χ2n) is 5.90. The molecule has 8 heteroatoms. The zero-order chi connectivity index (χ0) is 17.9. The third kappa shape index (κ3) is 4.61. The van der Waals surface area contributed by atoms with Gasteiger partial charge < -0.3 is 4.90 Å². The summed E-state index contributed by atoms with van der Waals surface area (Å²) in [5.41, 5.74) is 0.716. The van der Waals surface area contributed by atoms with E-state index in [4.69, 9.17) is 11.6 Å². The van der Waals surface area contributed by atoms with Gasteiger partial charge in [0.15, 0.2) is 0 Å². The van der Waals surface area contributed by atoms with Gasteiger partial charge in [0, 0.05) is 29.5 Å². The van der Waals surface area contributed by atoms with Crippen LogP contribution in [0.25, 0.3) is 0 Å². The maximum atomic E-state index is 12.4. The number of nitrogens with zero attached hydrogens (tertiary/aromatic N) is 1. The van der Waals surface area contributed by atoms with E-state index in [0.29, 0.717) is 10.6 Å². The fourth-order valence-corrected chi connectivity index (χ4v) is 5.31. The van der Waals surface area contributed by atoms with Crippen LogP contribution < -0.4 is 4.72 Å². The summed E-state index contributed by atoms with van der Waals surface area (Å²) >= 11 is 7.18. The minimum Gasteiger partial charge on any atom is -0.342 e. The summed E-state index contributed by atoms with van der Waals surface area (Å²) in [6.07, 6.45) is 2.34. The second-order valence-corrected chi connectivity index (χ2v) is 9.47. The second kappa shape index (κ2) is 7.86. The van der Waals surface area contributed by atoms with Gasteiger partial charge in [0.1, 0.15) is 4.21 Å². The first-order valence-corrected chi connectivity index (χ1v) is 10.7. The molecule has 0 spiro atoms. The number of carbonyl (C=O) groups excluding carboxylic acids is 1.